The van der Waals surface area contributed by atoms with Crippen molar-refractivity contribution >= 4 is 22.8 Å². The van der Waals surface area contributed by atoms with Gasteiger partial charge in [-0.05, 0) is 25.0 Å². The largest absolute Gasteiger partial charge is 0.497 e. The summed E-state index contributed by atoms with van der Waals surface area (Å²) >= 11 is 1.77. The molecule has 4 nitrogen and oxygen atoms in total. The third-order valence-corrected chi connectivity index (χ3v) is 4.67. The van der Waals surface area contributed by atoms with Gasteiger partial charge in [-0.1, -0.05) is 24.6 Å². The molecule has 108 valence electrons. The van der Waals surface area contributed by atoms with E-state index in [4.69, 9.17) is 4.74 Å². The van der Waals surface area contributed by atoms with Crippen molar-refractivity contribution in [2.24, 2.45) is 0 Å². The van der Waals surface area contributed by atoms with Gasteiger partial charge in [-0.2, -0.15) is 0 Å². The summed E-state index contributed by atoms with van der Waals surface area (Å²) in [6.07, 6.45) is 5.45. The third-order valence-electron chi connectivity index (χ3n) is 3.80. The number of imidazole rings is 1. The number of fused-ring (bicyclic) bond motifs is 1. The molecule has 0 amide bonds. The molecule has 0 radical (unpaired) electrons. The maximum Gasteiger partial charge on any atom is 0.166 e. The van der Waals surface area contributed by atoms with Gasteiger partial charge in [0.2, 0.25) is 0 Å². The van der Waals surface area contributed by atoms with Gasteiger partial charge >= 0.3 is 0 Å². The topological polar surface area (TPSA) is 49.9 Å². The highest BCUT2D eigenvalue weighted by Crippen LogP contribution is 2.23. The third kappa shape index (κ3) is 3.27. The Kier molecular flexibility index (Phi) is 4.47. The summed E-state index contributed by atoms with van der Waals surface area (Å²) in [5, 5.41) is 4.61. The number of rotatable bonds is 6. The van der Waals surface area contributed by atoms with Gasteiger partial charge in [0.25, 0.3) is 0 Å². The Morgan fingerprint density at radius 2 is 2.25 bits per heavy atom. The zero-order valence-corrected chi connectivity index (χ0v) is 12.6. The van der Waals surface area contributed by atoms with Gasteiger partial charge in [0.05, 0.1) is 18.1 Å². The fourth-order valence-electron chi connectivity index (χ4n) is 2.70. The fraction of sp³-hybridized carbons (Fsp3) is 0.533. The summed E-state index contributed by atoms with van der Waals surface area (Å²) in [6.45, 7) is 1.05. The number of ether oxygens (including phenoxy) is 1. The molecule has 1 aromatic heterocycles. The van der Waals surface area contributed by atoms with Gasteiger partial charge in [0.15, 0.2) is 5.16 Å². The van der Waals surface area contributed by atoms with Crippen LogP contribution in [-0.2, 0) is 0 Å². The molecule has 1 saturated carbocycles. The SMILES string of the molecule is COc1ccc2nc(SCCNC3CCCC3)[nH]c2c1. The molecule has 0 unspecified atom stereocenters. The van der Waals surface area contributed by atoms with Gasteiger partial charge in [0, 0.05) is 24.4 Å². The molecule has 0 bridgehead atoms. The molecule has 0 atom stereocenters. The van der Waals surface area contributed by atoms with Crippen molar-refractivity contribution in [3.05, 3.63) is 18.2 Å². The number of aromatic nitrogens is 2. The Hall–Kier alpha value is -1.20. The average molecular weight is 291 g/mol. The first-order valence-corrected chi connectivity index (χ1v) is 8.23. The lowest BCUT2D eigenvalue weighted by Crippen LogP contribution is -2.28. The molecule has 0 aliphatic heterocycles. The van der Waals surface area contributed by atoms with Crippen molar-refractivity contribution in [3.63, 3.8) is 0 Å². The summed E-state index contributed by atoms with van der Waals surface area (Å²) < 4.78 is 5.22. The Morgan fingerprint density at radius 3 is 3.05 bits per heavy atom. The molecular weight excluding hydrogens is 270 g/mol. The molecule has 2 aromatic rings. The first-order chi connectivity index (χ1) is 9.85. The number of H-pyrrole nitrogens is 1. The first kappa shape index (κ1) is 13.8. The number of hydrogen-bond acceptors (Lipinski definition) is 4. The van der Waals surface area contributed by atoms with Crippen molar-refractivity contribution in [3.8, 4) is 5.75 Å². The summed E-state index contributed by atoms with van der Waals surface area (Å²) in [5.74, 6) is 1.91. The molecule has 1 heterocycles. The summed E-state index contributed by atoms with van der Waals surface area (Å²) in [7, 11) is 1.68. The monoisotopic (exact) mass is 291 g/mol. The normalized spacial score (nSPS) is 16.1. The molecule has 2 N–H and O–H groups in total. The van der Waals surface area contributed by atoms with E-state index in [1.807, 2.05) is 18.2 Å². The number of benzene rings is 1. The number of nitrogens with zero attached hydrogens (tertiary/aromatic N) is 1. The smallest absolute Gasteiger partial charge is 0.166 e. The van der Waals surface area contributed by atoms with E-state index in [1.54, 1.807) is 18.9 Å². The molecule has 1 aliphatic carbocycles. The van der Waals surface area contributed by atoms with E-state index in [0.29, 0.717) is 0 Å². The molecular formula is C15H21N3OS. The maximum absolute atomic E-state index is 5.22. The minimum Gasteiger partial charge on any atom is -0.497 e. The van der Waals surface area contributed by atoms with Crippen molar-refractivity contribution in [2.75, 3.05) is 19.4 Å². The quantitative estimate of drug-likeness (QED) is 0.634. The second-order valence-electron chi connectivity index (χ2n) is 5.21. The van der Waals surface area contributed by atoms with Crippen LogP contribution >= 0.6 is 11.8 Å². The van der Waals surface area contributed by atoms with Crippen LogP contribution in [0.25, 0.3) is 11.0 Å². The van der Waals surface area contributed by atoms with Crippen LogP contribution in [-0.4, -0.2) is 35.4 Å². The molecule has 0 saturated heterocycles. The highest BCUT2D eigenvalue weighted by atomic mass is 32.2. The zero-order chi connectivity index (χ0) is 13.8. The fourth-order valence-corrected chi connectivity index (χ4v) is 3.46. The number of aromatic amines is 1. The van der Waals surface area contributed by atoms with Crippen LogP contribution in [0.3, 0.4) is 0 Å². The van der Waals surface area contributed by atoms with E-state index in [0.717, 1.165) is 40.3 Å². The first-order valence-electron chi connectivity index (χ1n) is 7.25. The van der Waals surface area contributed by atoms with E-state index in [2.05, 4.69) is 15.3 Å². The summed E-state index contributed by atoms with van der Waals surface area (Å²) in [6, 6.07) is 6.67. The zero-order valence-electron chi connectivity index (χ0n) is 11.8. The van der Waals surface area contributed by atoms with Gasteiger partial charge in [0.1, 0.15) is 5.75 Å². The van der Waals surface area contributed by atoms with Gasteiger partial charge in [-0.3, -0.25) is 0 Å². The van der Waals surface area contributed by atoms with E-state index in [9.17, 15) is 0 Å². The Bertz CT molecular complexity index is 563. The molecule has 1 fully saturated rings. The van der Waals surface area contributed by atoms with Crippen molar-refractivity contribution in [2.45, 2.75) is 36.9 Å². The van der Waals surface area contributed by atoms with Gasteiger partial charge < -0.3 is 15.0 Å². The minimum atomic E-state index is 0.746. The predicted molar refractivity (Wildman–Crippen MR) is 83.6 cm³/mol. The van der Waals surface area contributed by atoms with E-state index < -0.39 is 0 Å². The molecule has 1 aliphatic rings. The Balaban J connectivity index is 1.52. The minimum absolute atomic E-state index is 0.746. The average Bonchev–Trinajstić information content (AvgIpc) is 3.11. The van der Waals surface area contributed by atoms with E-state index >= 15 is 0 Å². The number of methoxy groups -OCH3 is 1. The van der Waals surface area contributed by atoms with Crippen LogP contribution in [0.1, 0.15) is 25.7 Å². The number of hydrogen-bond donors (Lipinski definition) is 2. The van der Waals surface area contributed by atoms with E-state index in [-0.39, 0.29) is 0 Å². The van der Waals surface area contributed by atoms with Gasteiger partial charge in [-0.15, -0.1) is 0 Å². The van der Waals surface area contributed by atoms with Crippen LogP contribution < -0.4 is 10.1 Å². The number of thioether (sulfide) groups is 1. The highest BCUT2D eigenvalue weighted by molar-refractivity contribution is 7.99. The van der Waals surface area contributed by atoms with Crippen molar-refractivity contribution < 1.29 is 4.74 Å². The molecule has 20 heavy (non-hydrogen) atoms. The summed E-state index contributed by atoms with van der Waals surface area (Å²) in [4.78, 5) is 7.92. The van der Waals surface area contributed by atoms with Crippen LogP contribution in [0.5, 0.6) is 5.75 Å². The molecule has 0 spiro atoms. The maximum atomic E-state index is 5.22. The predicted octanol–water partition coefficient (Wildman–Crippen LogP) is 3.20. The van der Waals surface area contributed by atoms with Crippen LogP contribution in [0.4, 0.5) is 0 Å². The van der Waals surface area contributed by atoms with Crippen LogP contribution in [0, 0.1) is 0 Å². The lowest BCUT2D eigenvalue weighted by Gasteiger charge is -2.10. The summed E-state index contributed by atoms with van der Waals surface area (Å²) in [5.41, 5.74) is 2.03. The number of nitrogens with one attached hydrogen (secondary N) is 2. The van der Waals surface area contributed by atoms with Crippen LogP contribution in [0.15, 0.2) is 23.4 Å². The van der Waals surface area contributed by atoms with Gasteiger partial charge in [-0.25, -0.2) is 4.98 Å². The molecule has 5 heteroatoms. The second kappa shape index (κ2) is 6.50. The van der Waals surface area contributed by atoms with Crippen LogP contribution in [0.2, 0.25) is 0 Å². The Morgan fingerprint density at radius 1 is 1.40 bits per heavy atom. The Labute approximate surface area is 123 Å². The van der Waals surface area contributed by atoms with Crippen molar-refractivity contribution in [1.82, 2.24) is 15.3 Å². The lowest BCUT2D eigenvalue weighted by molar-refractivity contribution is 0.415. The standard InChI is InChI=1S/C15H21N3OS/c1-19-12-6-7-13-14(10-12)18-15(17-13)20-9-8-16-11-4-2-3-5-11/h6-7,10-11,16H,2-5,8-9H2,1H3,(H,17,18). The lowest BCUT2D eigenvalue weighted by atomic mass is 10.2. The second-order valence-corrected chi connectivity index (χ2v) is 6.29. The molecule has 3 rings (SSSR count). The highest BCUT2D eigenvalue weighted by Gasteiger charge is 2.13. The van der Waals surface area contributed by atoms with E-state index in [1.165, 1.54) is 25.7 Å². The molecule has 1 aromatic carbocycles. The van der Waals surface area contributed by atoms with Crippen molar-refractivity contribution in [1.29, 1.82) is 0 Å².